The minimum absolute atomic E-state index is 0.00658. The zero-order valence-electron chi connectivity index (χ0n) is 20.0. The first kappa shape index (κ1) is 24.5. The van der Waals surface area contributed by atoms with E-state index in [9.17, 15) is 9.59 Å². The van der Waals surface area contributed by atoms with Crippen LogP contribution in [0.25, 0.3) is 0 Å². The number of methoxy groups -OCH3 is 1. The quantitative estimate of drug-likeness (QED) is 0.535. The maximum Gasteiger partial charge on any atom is 0.242 e. The van der Waals surface area contributed by atoms with Crippen LogP contribution in [0.4, 0.5) is 0 Å². The fraction of sp³-hybridized carbons (Fsp3) is 0.538. The van der Waals surface area contributed by atoms with Crippen LogP contribution in [0, 0.1) is 12.3 Å². The van der Waals surface area contributed by atoms with Crippen LogP contribution in [0.15, 0.2) is 35.7 Å². The summed E-state index contributed by atoms with van der Waals surface area (Å²) in [6, 6.07) is 10.5. The van der Waals surface area contributed by atoms with E-state index >= 15 is 0 Å². The van der Waals surface area contributed by atoms with Gasteiger partial charge >= 0.3 is 0 Å². The number of rotatable bonds is 8. The van der Waals surface area contributed by atoms with Gasteiger partial charge in [-0.15, -0.1) is 11.3 Å². The Balaban J connectivity index is 1.83. The first-order chi connectivity index (χ1) is 15.2. The van der Waals surface area contributed by atoms with Gasteiger partial charge < -0.3 is 14.5 Å². The Kier molecular flexibility index (Phi) is 8.12. The van der Waals surface area contributed by atoms with Gasteiger partial charge in [-0.25, -0.2) is 0 Å². The van der Waals surface area contributed by atoms with E-state index in [1.54, 1.807) is 23.3 Å². The summed E-state index contributed by atoms with van der Waals surface area (Å²) >= 11 is 1.76. The number of nitrogens with zero attached hydrogens (tertiary/aromatic N) is 2. The number of benzene rings is 1. The number of carbonyl (C=O) groups is 2. The molecule has 0 spiro atoms. The molecule has 1 aliphatic rings. The lowest BCUT2D eigenvalue weighted by atomic mass is 9.91. The highest BCUT2D eigenvalue weighted by Crippen LogP contribution is 2.38. The number of aryl methyl sites for hydroxylation is 1. The van der Waals surface area contributed by atoms with Crippen molar-refractivity contribution in [3.05, 3.63) is 57.3 Å². The summed E-state index contributed by atoms with van der Waals surface area (Å²) in [5.74, 6) is 0.0363. The van der Waals surface area contributed by atoms with Gasteiger partial charge in [0.25, 0.3) is 0 Å². The van der Waals surface area contributed by atoms with Crippen LogP contribution in [-0.2, 0) is 20.7 Å². The van der Waals surface area contributed by atoms with Crippen molar-refractivity contribution in [2.24, 2.45) is 5.41 Å². The number of thiophene rings is 1. The SMILES string of the molecule is COCCCN(CC(=O)N1CCc2sccc2C1c1ccc(C)cc1)C(=O)CC(C)(C)C. The van der Waals surface area contributed by atoms with Crippen molar-refractivity contribution in [1.82, 2.24) is 9.80 Å². The van der Waals surface area contributed by atoms with E-state index in [1.807, 2.05) is 4.90 Å². The molecule has 1 atom stereocenters. The van der Waals surface area contributed by atoms with Crippen LogP contribution in [0.2, 0.25) is 0 Å². The molecule has 6 heteroatoms. The highest BCUT2D eigenvalue weighted by molar-refractivity contribution is 7.10. The predicted octanol–water partition coefficient (Wildman–Crippen LogP) is 4.83. The maximum absolute atomic E-state index is 13.6. The molecule has 1 unspecified atom stereocenters. The van der Waals surface area contributed by atoms with E-state index in [1.165, 1.54) is 16.0 Å². The third kappa shape index (κ3) is 6.20. The van der Waals surface area contributed by atoms with Crippen LogP contribution in [0.3, 0.4) is 0 Å². The van der Waals surface area contributed by atoms with Crippen LogP contribution >= 0.6 is 11.3 Å². The minimum atomic E-state index is -0.124. The van der Waals surface area contributed by atoms with Gasteiger partial charge in [-0.1, -0.05) is 50.6 Å². The van der Waals surface area contributed by atoms with Crippen molar-refractivity contribution in [2.45, 2.75) is 53.0 Å². The molecule has 32 heavy (non-hydrogen) atoms. The topological polar surface area (TPSA) is 49.9 Å². The fourth-order valence-corrected chi connectivity index (χ4v) is 5.11. The number of hydrogen-bond acceptors (Lipinski definition) is 4. The van der Waals surface area contributed by atoms with Crippen LogP contribution in [0.5, 0.6) is 0 Å². The second-order valence-electron chi connectivity index (χ2n) is 9.85. The number of hydrogen-bond donors (Lipinski definition) is 0. The Hall–Kier alpha value is -2.18. The molecule has 2 aromatic rings. The van der Waals surface area contributed by atoms with Crippen LogP contribution in [-0.4, -0.2) is 55.0 Å². The van der Waals surface area contributed by atoms with Crippen molar-refractivity contribution in [2.75, 3.05) is 33.4 Å². The van der Waals surface area contributed by atoms with Crippen LogP contribution in [0.1, 0.15) is 61.2 Å². The standard InChI is InChI=1S/C26H36N2O3S/c1-19-7-9-20(10-8-19)25-21-12-16-32-22(21)11-14-28(25)24(30)18-27(13-6-15-31-5)23(29)17-26(2,3)4/h7-10,12,16,25H,6,11,13-15,17-18H2,1-5H3. The van der Waals surface area contributed by atoms with E-state index < -0.39 is 0 Å². The van der Waals surface area contributed by atoms with Gasteiger partial charge in [0.1, 0.15) is 0 Å². The molecule has 1 aromatic heterocycles. The van der Waals surface area contributed by atoms with Crippen molar-refractivity contribution >= 4 is 23.2 Å². The molecule has 0 bridgehead atoms. The second-order valence-corrected chi connectivity index (χ2v) is 10.8. The van der Waals surface area contributed by atoms with Gasteiger partial charge in [0.2, 0.25) is 11.8 Å². The predicted molar refractivity (Wildman–Crippen MR) is 130 cm³/mol. The van der Waals surface area contributed by atoms with Gasteiger partial charge in [-0.2, -0.15) is 0 Å². The normalized spacial score (nSPS) is 16.0. The second kappa shape index (κ2) is 10.6. The van der Waals surface area contributed by atoms with E-state index in [2.05, 4.69) is 63.4 Å². The molecular weight excluding hydrogens is 420 g/mol. The Labute approximate surface area is 196 Å². The Morgan fingerprint density at radius 2 is 1.91 bits per heavy atom. The summed E-state index contributed by atoms with van der Waals surface area (Å²) in [5, 5.41) is 2.11. The monoisotopic (exact) mass is 456 g/mol. The van der Waals surface area contributed by atoms with E-state index in [-0.39, 0.29) is 29.8 Å². The molecule has 2 heterocycles. The number of amides is 2. The average molecular weight is 457 g/mol. The molecule has 174 valence electrons. The lowest BCUT2D eigenvalue weighted by molar-refractivity contribution is -0.142. The summed E-state index contributed by atoms with van der Waals surface area (Å²) in [6.45, 7) is 10.1. The molecule has 1 aliphatic heterocycles. The van der Waals surface area contributed by atoms with Gasteiger partial charge in [-0.05, 0) is 47.8 Å². The average Bonchev–Trinajstić information content (AvgIpc) is 3.20. The van der Waals surface area contributed by atoms with Gasteiger partial charge in [0.05, 0.1) is 12.6 Å². The molecule has 0 saturated carbocycles. The molecule has 0 N–H and O–H groups in total. The first-order valence-corrected chi connectivity index (χ1v) is 12.3. The van der Waals surface area contributed by atoms with Crippen molar-refractivity contribution < 1.29 is 14.3 Å². The smallest absolute Gasteiger partial charge is 0.242 e. The third-order valence-electron chi connectivity index (χ3n) is 5.82. The van der Waals surface area contributed by atoms with Gasteiger partial charge in [0.15, 0.2) is 0 Å². The van der Waals surface area contributed by atoms with E-state index in [0.29, 0.717) is 26.1 Å². The molecule has 0 saturated heterocycles. The van der Waals surface area contributed by atoms with Crippen molar-refractivity contribution in [1.29, 1.82) is 0 Å². The third-order valence-corrected chi connectivity index (χ3v) is 6.81. The summed E-state index contributed by atoms with van der Waals surface area (Å²) in [6.07, 6.45) is 2.00. The lowest BCUT2D eigenvalue weighted by Crippen LogP contribution is -2.47. The zero-order valence-corrected chi connectivity index (χ0v) is 20.8. The van der Waals surface area contributed by atoms with Gasteiger partial charge in [-0.3, -0.25) is 9.59 Å². The maximum atomic E-state index is 13.6. The number of fused-ring (bicyclic) bond motifs is 1. The summed E-state index contributed by atoms with van der Waals surface area (Å²) in [4.78, 5) is 31.7. The molecule has 1 aromatic carbocycles. The Bertz CT molecular complexity index is 914. The van der Waals surface area contributed by atoms with Crippen LogP contribution < -0.4 is 0 Å². The number of ether oxygens (including phenoxy) is 1. The lowest BCUT2D eigenvalue weighted by Gasteiger charge is -2.38. The van der Waals surface area contributed by atoms with E-state index in [4.69, 9.17) is 4.74 Å². The molecule has 0 radical (unpaired) electrons. The zero-order chi connectivity index (χ0) is 23.3. The number of carbonyl (C=O) groups excluding carboxylic acids is 2. The molecular formula is C26H36N2O3S. The summed E-state index contributed by atoms with van der Waals surface area (Å²) in [7, 11) is 1.66. The van der Waals surface area contributed by atoms with Gasteiger partial charge in [0, 0.05) is 38.1 Å². The molecule has 5 nitrogen and oxygen atoms in total. The first-order valence-electron chi connectivity index (χ1n) is 11.4. The highest BCUT2D eigenvalue weighted by Gasteiger charge is 2.34. The van der Waals surface area contributed by atoms with Crippen molar-refractivity contribution in [3.63, 3.8) is 0 Å². The minimum Gasteiger partial charge on any atom is -0.385 e. The largest absolute Gasteiger partial charge is 0.385 e. The van der Waals surface area contributed by atoms with Crippen molar-refractivity contribution in [3.8, 4) is 0 Å². The Morgan fingerprint density at radius 3 is 2.56 bits per heavy atom. The molecule has 0 aliphatic carbocycles. The molecule has 0 fully saturated rings. The highest BCUT2D eigenvalue weighted by atomic mass is 32.1. The Morgan fingerprint density at radius 1 is 1.19 bits per heavy atom. The fourth-order valence-electron chi connectivity index (χ4n) is 4.20. The summed E-state index contributed by atoms with van der Waals surface area (Å²) < 4.78 is 5.18. The van der Waals surface area contributed by atoms with E-state index in [0.717, 1.165) is 18.4 Å². The molecule has 3 rings (SSSR count). The molecule has 2 amide bonds. The summed E-state index contributed by atoms with van der Waals surface area (Å²) in [5.41, 5.74) is 3.41.